The Morgan fingerprint density at radius 3 is 2.68 bits per heavy atom. The van der Waals surface area contributed by atoms with Crippen molar-refractivity contribution in [3.8, 4) is 0 Å². The Morgan fingerprint density at radius 2 is 2.14 bits per heavy atom. The summed E-state index contributed by atoms with van der Waals surface area (Å²) in [6, 6.07) is 4.52. The van der Waals surface area contributed by atoms with Gasteiger partial charge in [0.1, 0.15) is 0 Å². The molecule has 1 aliphatic heterocycles. The minimum absolute atomic E-state index is 0. The fourth-order valence-corrected chi connectivity index (χ4v) is 3.92. The number of hydrogen-bond donors (Lipinski definition) is 2. The van der Waals surface area contributed by atoms with Crippen molar-refractivity contribution in [3.63, 3.8) is 0 Å². The van der Waals surface area contributed by atoms with E-state index in [1.165, 1.54) is 0 Å². The molecule has 0 aliphatic carbocycles. The Balaban J connectivity index is 0.00000242. The van der Waals surface area contributed by atoms with Gasteiger partial charge < -0.3 is 15.4 Å². The van der Waals surface area contributed by atoms with Crippen molar-refractivity contribution >= 4 is 15.9 Å². The van der Waals surface area contributed by atoms with Crippen LogP contribution in [-0.4, -0.2) is 39.1 Å². The van der Waals surface area contributed by atoms with E-state index < -0.39 is 16.1 Å². The van der Waals surface area contributed by atoms with Gasteiger partial charge in [-0.05, 0) is 29.7 Å². The van der Waals surface area contributed by atoms with Crippen molar-refractivity contribution in [1.29, 1.82) is 0 Å². The van der Waals surface area contributed by atoms with E-state index in [2.05, 4.69) is 15.0 Å². The number of rotatable bonds is 5. The second-order valence-corrected chi connectivity index (χ2v) is 6.66. The maximum Gasteiger partial charge on any atom is 1.00 e. The average Bonchev–Trinajstić information content (AvgIpc) is 2.81. The van der Waals surface area contributed by atoms with Crippen molar-refractivity contribution in [2.45, 2.75) is 37.2 Å². The number of amidine groups is 1. The van der Waals surface area contributed by atoms with Gasteiger partial charge in [-0.1, -0.05) is 38.9 Å². The van der Waals surface area contributed by atoms with Gasteiger partial charge in [0.2, 0.25) is 10.0 Å². The molecule has 2 unspecified atom stereocenters. The molecule has 2 N–H and O–H groups in total. The molecule has 22 heavy (non-hydrogen) atoms. The monoisotopic (exact) mass is 373 g/mol. The van der Waals surface area contributed by atoms with Crippen molar-refractivity contribution in [2.24, 2.45) is 4.99 Å². The summed E-state index contributed by atoms with van der Waals surface area (Å²) in [5.74, 6) is 0.454. The molecule has 0 bridgehead atoms. The number of nitrogens with one attached hydrogen (secondary N) is 1. The Kier molecular flexibility index (Phi) is 6.58. The topological polar surface area (TPSA) is 92.9 Å². The molecular weight excluding hydrogens is 354 g/mol. The third-order valence-corrected chi connectivity index (χ3v) is 5.15. The fourth-order valence-electron chi connectivity index (χ4n) is 2.38. The molecule has 2 rings (SSSR count). The van der Waals surface area contributed by atoms with E-state index in [4.69, 9.17) is 0 Å². The third-order valence-electron chi connectivity index (χ3n) is 3.58. The summed E-state index contributed by atoms with van der Waals surface area (Å²) >= 11 is 0. The van der Waals surface area contributed by atoms with Crippen LogP contribution in [0.5, 0.6) is 0 Å². The second-order valence-electron chi connectivity index (χ2n) is 4.98. The number of sulfonamides is 1. The molecule has 0 aromatic heterocycles. The van der Waals surface area contributed by atoms with Crippen molar-refractivity contribution in [3.05, 3.63) is 34.6 Å². The second kappa shape index (κ2) is 7.57. The van der Waals surface area contributed by atoms with E-state index in [0.29, 0.717) is 17.8 Å². The van der Waals surface area contributed by atoms with Crippen LogP contribution in [0.1, 0.15) is 37.4 Å². The zero-order valence-corrected chi connectivity index (χ0v) is 14.4. The van der Waals surface area contributed by atoms with Crippen LogP contribution in [0.4, 0.5) is 0 Å². The van der Waals surface area contributed by atoms with Gasteiger partial charge in [-0.3, -0.25) is 0 Å². The Morgan fingerprint density at radius 1 is 1.45 bits per heavy atom. The molecule has 6 nitrogen and oxygen atoms in total. The van der Waals surface area contributed by atoms with Crippen molar-refractivity contribution in [1.82, 2.24) is 4.72 Å². The van der Waals surface area contributed by atoms with Crippen LogP contribution in [0.25, 0.3) is 5.32 Å². The van der Waals surface area contributed by atoms with Gasteiger partial charge in [-0.15, -0.1) is 0 Å². The first-order valence-electron chi connectivity index (χ1n) is 6.88. The predicted molar refractivity (Wildman–Crippen MR) is 82.2 cm³/mol. The third kappa shape index (κ3) is 3.52. The van der Waals surface area contributed by atoms with Crippen LogP contribution in [0.15, 0.2) is 28.1 Å². The summed E-state index contributed by atoms with van der Waals surface area (Å²) in [6.07, 6.45) is 0.514. The first-order chi connectivity index (χ1) is 9.94. The average molecular weight is 374 g/mol. The molecule has 0 spiro atoms. The minimum Gasteiger partial charge on any atom is -0.469 e. The van der Waals surface area contributed by atoms with Crippen LogP contribution < -0.4 is 4.72 Å². The molecular formula is C14H20CuN3O3S. The smallest absolute Gasteiger partial charge is 0.469 e. The summed E-state index contributed by atoms with van der Waals surface area (Å²) in [5, 5.41) is 13.6. The number of aliphatic imine (C=N–C) groups is 1. The van der Waals surface area contributed by atoms with Gasteiger partial charge in [0.05, 0.1) is 11.5 Å². The van der Waals surface area contributed by atoms with Crippen LogP contribution in [0.3, 0.4) is 0 Å². The Hall–Kier alpha value is -0.921. The molecule has 0 saturated carbocycles. The van der Waals surface area contributed by atoms with Gasteiger partial charge in [0.25, 0.3) is 0 Å². The Bertz CT molecular complexity index is 657. The molecule has 0 amide bonds. The molecule has 1 aromatic rings. The number of nitrogens with zero attached hydrogens (tertiary/aromatic N) is 2. The van der Waals surface area contributed by atoms with Crippen molar-refractivity contribution in [2.75, 3.05) is 13.7 Å². The number of benzene rings is 1. The van der Waals surface area contributed by atoms with E-state index in [9.17, 15) is 13.5 Å². The number of aliphatic hydroxyl groups is 1. The van der Waals surface area contributed by atoms with Crippen LogP contribution in [-0.2, 0) is 27.1 Å². The molecule has 1 heterocycles. The van der Waals surface area contributed by atoms with E-state index in [0.717, 1.165) is 5.56 Å². The first-order valence-corrected chi connectivity index (χ1v) is 8.37. The Labute approximate surface area is 141 Å². The van der Waals surface area contributed by atoms with Gasteiger partial charge in [-0.2, -0.15) is 0 Å². The standard InChI is InChI=1S/C14H20N3O3S.Cu/c1-4-10(8-18)17-21(19,20)12-7-5-6-11-9(2)16-14(15-3)13(11)12;/h5-7,9-10,17-18H,4,8H2,1-3H3;/q-1;+1. The largest absolute Gasteiger partial charge is 1.00 e. The molecule has 1 aliphatic rings. The van der Waals surface area contributed by atoms with Gasteiger partial charge in [0.15, 0.2) is 0 Å². The number of aliphatic hydroxyl groups excluding tert-OH is 1. The molecule has 0 radical (unpaired) electrons. The van der Waals surface area contributed by atoms with E-state index in [1.54, 1.807) is 19.2 Å². The summed E-state index contributed by atoms with van der Waals surface area (Å²) < 4.78 is 27.7. The van der Waals surface area contributed by atoms with E-state index >= 15 is 0 Å². The number of fused-ring (bicyclic) bond motifs is 1. The molecule has 126 valence electrons. The summed E-state index contributed by atoms with van der Waals surface area (Å²) in [6.45, 7) is 3.48. The molecule has 0 saturated heterocycles. The minimum atomic E-state index is -3.73. The first kappa shape index (κ1) is 19.1. The molecule has 8 heteroatoms. The van der Waals surface area contributed by atoms with Gasteiger partial charge >= 0.3 is 17.1 Å². The van der Waals surface area contributed by atoms with E-state index in [-0.39, 0.29) is 34.6 Å². The van der Waals surface area contributed by atoms with E-state index in [1.807, 2.05) is 19.9 Å². The molecule has 0 fully saturated rings. The van der Waals surface area contributed by atoms with Gasteiger partial charge in [-0.25, -0.2) is 13.1 Å². The fraction of sp³-hybridized carbons (Fsp3) is 0.500. The predicted octanol–water partition coefficient (Wildman–Crippen LogP) is 1.56. The maximum atomic E-state index is 12.6. The van der Waals surface area contributed by atoms with Gasteiger partial charge in [0, 0.05) is 6.04 Å². The summed E-state index contributed by atoms with van der Waals surface area (Å²) in [7, 11) is -2.13. The SMILES string of the molecule is CCC(CO)NS(=O)(=O)c1cccc2c1C(=NC)[N-]C2C.[Cu+]. The maximum absolute atomic E-state index is 12.6. The zero-order valence-electron chi connectivity index (χ0n) is 12.7. The normalized spacial score (nSPS) is 20.2. The zero-order chi connectivity index (χ0) is 15.6. The summed E-state index contributed by atoms with van der Waals surface area (Å²) in [4.78, 5) is 4.25. The molecule has 2 atom stereocenters. The van der Waals surface area contributed by atoms with Crippen molar-refractivity contribution < 1.29 is 30.6 Å². The quantitative estimate of drug-likeness (QED) is 0.767. The van der Waals surface area contributed by atoms with Crippen LogP contribution >= 0.6 is 0 Å². The molecule has 1 aromatic carbocycles. The van der Waals surface area contributed by atoms with Crippen LogP contribution in [0.2, 0.25) is 0 Å². The van der Waals surface area contributed by atoms with Crippen LogP contribution in [0, 0.1) is 0 Å². The summed E-state index contributed by atoms with van der Waals surface area (Å²) in [5.41, 5.74) is 1.42. The number of hydrogen-bond acceptors (Lipinski definition) is 4.